The number of benzene rings is 1. The van der Waals surface area contributed by atoms with Crippen LogP contribution in [0, 0.1) is 0 Å². The quantitative estimate of drug-likeness (QED) is 0.796. The first kappa shape index (κ1) is 14.3. The highest BCUT2D eigenvalue weighted by Crippen LogP contribution is 2.37. The summed E-state index contributed by atoms with van der Waals surface area (Å²) in [6.07, 6.45) is 2.45. The number of sulfone groups is 1. The van der Waals surface area contributed by atoms with E-state index in [1.807, 2.05) is 0 Å². The normalized spacial score (nSPS) is 11.2. The van der Waals surface area contributed by atoms with Gasteiger partial charge in [0.05, 0.1) is 25.5 Å². The van der Waals surface area contributed by atoms with E-state index in [1.54, 1.807) is 24.3 Å². The highest BCUT2D eigenvalue weighted by molar-refractivity contribution is 7.90. The van der Waals surface area contributed by atoms with Crippen molar-refractivity contribution >= 4 is 9.84 Å². The van der Waals surface area contributed by atoms with Crippen molar-refractivity contribution in [3.63, 3.8) is 0 Å². The van der Waals surface area contributed by atoms with Crippen LogP contribution in [0.15, 0.2) is 35.6 Å². The molecule has 0 fully saturated rings. The van der Waals surface area contributed by atoms with Gasteiger partial charge in [-0.2, -0.15) is 0 Å². The summed E-state index contributed by atoms with van der Waals surface area (Å²) in [6, 6.07) is 6.88. The van der Waals surface area contributed by atoms with E-state index < -0.39 is 9.84 Å². The third kappa shape index (κ3) is 2.72. The minimum Gasteiger partial charge on any atom is -0.496 e. The number of rotatable bonds is 4. The maximum atomic E-state index is 11.5. The Morgan fingerprint density at radius 1 is 1.05 bits per heavy atom. The van der Waals surface area contributed by atoms with E-state index in [2.05, 4.69) is 9.97 Å². The van der Waals surface area contributed by atoms with Crippen LogP contribution in [0.1, 0.15) is 0 Å². The summed E-state index contributed by atoms with van der Waals surface area (Å²) < 4.78 is 33.6. The lowest BCUT2D eigenvalue weighted by molar-refractivity contribution is 0.397. The van der Waals surface area contributed by atoms with Gasteiger partial charge in [0.15, 0.2) is 0 Å². The molecule has 0 atom stereocenters. The van der Waals surface area contributed by atoms with Crippen LogP contribution in [0.25, 0.3) is 11.3 Å². The van der Waals surface area contributed by atoms with Gasteiger partial charge in [-0.25, -0.2) is 18.4 Å². The highest BCUT2D eigenvalue weighted by atomic mass is 32.2. The fraction of sp³-hybridized carbons (Fsp3) is 0.231. The molecule has 2 aromatic rings. The van der Waals surface area contributed by atoms with Crippen molar-refractivity contribution < 1.29 is 17.9 Å². The van der Waals surface area contributed by atoms with Gasteiger partial charge in [0.1, 0.15) is 11.5 Å². The summed E-state index contributed by atoms with van der Waals surface area (Å²) in [6.45, 7) is 0. The SMILES string of the molecule is COc1cccc(OC)c1-c1ccnc(S(C)(=O)=O)n1. The Bertz CT molecular complexity index is 707. The molecular formula is C13H14N2O4S. The van der Waals surface area contributed by atoms with Gasteiger partial charge in [-0.1, -0.05) is 6.07 Å². The van der Waals surface area contributed by atoms with Crippen molar-refractivity contribution in [2.75, 3.05) is 20.5 Å². The maximum Gasteiger partial charge on any atom is 0.247 e. The van der Waals surface area contributed by atoms with Crippen LogP contribution in [0.5, 0.6) is 11.5 Å². The van der Waals surface area contributed by atoms with Crippen molar-refractivity contribution in [2.24, 2.45) is 0 Å². The molecule has 0 saturated heterocycles. The minimum absolute atomic E-state index is 0.233. The van der Waals surface area contributed by atoms with E-state index in [4.69, 9.17) is 9.47 Å². The topological polar surface area (TPSA) is 78.4 Å². The Hall–Kier alpha value is -2.15. The van der Waals surface area contributed by atoms with Gasteiger partial charge >= 0.3 is 0 Å². The van der Waals surface area contributed by atoms with Gasteiger partial charge in [0.25, 0.3) is 0 Å². The summed E-state index contributed by atoms with van der Waals surface area (Å²) in [5.41, 5.74) is 1.01. The zero-order valence-corrected chi connectivity index (χ0v) is 12.1. The molecule has 0 aliphatic heterocycles. The first-order valence-electron chi connectivity index (χ1n) is 5.72. The molecule has 0 aliphatic carbocycles. The number of nitrogens with zero attached hydrogens (tertiary/aromatic N) is 2. The molecule has 0 unspecified atom stereocenters. The zero-order chi connectivity index (χ0) is 14.8. The second kappa shape index (κ2) is 5.46. The summed E-state index contributed by atoms with van der Waals surface area (Å²) in [4.78, 5) is 7.84. The Labute approximate surface area is 117 Å². The van der Waals surface area contributed by atoms with Crippen molar-refractivity contribution in [1.29, 1.82) is 0 Å². The number of methoxy groups -OCH3 is 2. The van der Waals surface area contributed by atoms with Gasteiger partial charge in [-0.15, -0.1) is 0 Å². The van der Waals surface area contributed by atoms with E-state index in [0.717, 1.165) is 6.26 Å². The van der Waals surface area contributed by atoms with Gasteiger partial charge in [0.2, 0.25) is 15.0 Å². The van der Waals surface area contributed by atoms with Crippen molar-refractivity contribution in [1.82, 2.24) is 9.97 Å². The Kier molecular flexibility index (Phi) is 3.89. The number of aromatic nitrogens is 2. The third-order valence-corrected chi connectivity index (χ3v) is 3.51. The number of hydrogen-bond acceptors (Lipinski definition) is 6. The fourth-order valence-electron chi connectivity index (χ4n) is 1.76. The molecule has 0 radical (unpaired) electrons. The standard InChI is InChI=1S/C13H14N2O4S/c1-18-10-5-4-6-11(19-2)12(10)9-7-8-14-13(15-9)20(3,16)17/h4-8H,1-3H3. The largest absolute Gasteiger partial charge is 0.496 e. The van der Waals surface area contributed by atoms with Crippen LogP contribution in [0.2, 0.25) is 0 Å². The van der Waals surface area contributed by atoms with Crippen LogP contribution < -0.4 is 9.47 Å². The van der Waals surface area contributed by atoms with E-state index in [9.17, 15) is 8.42 Å². The van der Waals surface area contributed by atoms with Crippen molar-refractivity contribution in [2.45, 2.75) is 5.16 Å². The molecule has 20 heavy (non-hydrogen) atoms. The molecule has 1 aromatic heterocycles. The molecule has 0 N–H and O–H groups in total. The van der Waals surface area contributed by atoms with Crippen LogP contribution in [0.4, 0.5) is 0 Å². The van der Waals surface area contributed by atoms with E-state index in [0.29, 0.717) is 22.8 Å². The molecule has 1 heterocycles. The molecule has 2 rings (SSSR count). The average Bonchev–Trinajstić information content (AvgIpc) is 2.45. The van der Waals surface area contributed by atoms with Crippen LogP contribution in [-0.2, 0) is 9.84 Å². The lowest BCUT2D eigenvalue weighted by atomic mass is 10.1. The molecule has 0 bridgehead atoms. The maximum absolute atomic E-state index is 11.5. The van der Waals surface area contributed by atoms with Gasteiger partial charge in [0, 0.05) is 12.5 Å². The van der Waals surface area contributed by atoms with Crippen LogP contribution in [-0.4, -0.2) is 38.9 Å². The predicted octanol–water partition coefficient (Wildman–Crippen LogP) is 1.56. The van der Waals surface area contributed by atoms with Gasteiger partial charge in [-0.3, -0.25) is 0 Å². The van der Waals surface area contributed by atoms with Crippen molar-refractivity contribution in [3.05, 3.63) is 30.5 Å². The second-order valence-electron chi connectivity index (χ2n) is 4.03. The van der Waals surface area contributed by atoms with Crippen LogP contribution in [0.3, 0.4) is 0 Å². The Balaban J connectivity index is 2.68. The predicted molar refractivity (Wildman–Crippen MR) is 73.7 cm³/mol. The second-order valence-corrected chi connectivity index (χ2v) is 5.94. The molecular weight excluding hydrogens is 280 g/mol. The molecule has 106 valence electrons. The smallest absolute Gasteiger partial charge is 0.247 e. The first-order chi connectivity index (χ1) is 9.47. The van der Waals surface area contributed by atoms with E-state index >= 15 is 0 Å². The lowest BCUT2D eigenvalue weighted by Gasteiger charge is -2.12. The summed E-state index contributed by atoms with van der Waals surface area (Å²) in [5.74, 6) is 1.09. The van der Waals surface area contributed by atoms with Crippen molar-refractivity contribution in [3.8, 4) is 22.8 Å². The number of hydrogen-bond donors (Lipinski definition) is 0. The summed E-state index contributed by atoms with van der Waals surface area (Å²) in [5, 5.41) is -0.233. The van der Waals surface area contributed by atoms with Gasteiger partial charge < -0.3 is 9.47 Å². The minimum atomic E-state index is -3.48. The molecule has 7 heteroatoms. The van der Waals surface area contributed by atoms with Gasteiger partial charge in [-0.05, 0) is 18.2 Å². The lowest BCUT2D eigenvalue weighted by Crippen LogP contribution is -2.05. The molecule has 0 aliphatic rings. The molecule has 0 saturated carbocycles. The Morgan fingerprint density at radius 2 is 1.65 bits per heavy atom. The van der Waals surface area contributed by atoms with E-state index in [1.165, 1.54) is 20.4 Å². The third-order valence-electron chi connectivity index (χ3n) is 2.65. The Morgan fingerprint density at radius 3 is 2.15 bits per heavy atom. The molecule has 0 amide bonds. The summed E-state index contributed by atoms with van der Waals surface area (Å²) >= 11 is 0. The number of ether oxygens (including phenoxy) is 2. The average molecular weight is 294 g/mol. The fourth-order valence-corrected chi connectivity index (χ4v) is 2.28. The highest BCUT2D eigenvalue weighted by Gasteiger charge is 2.17. The molecule has 1 aromatic carbocycles. The molecule has 6 nitrogen and oxygen atoms in total. The zero-order valence-electron chi connectivity index (χ0n) is 11.3. The molecule has 0 spiro atoms. The summed E-state index contributed by atoms with van der Waals surface area (Å²) in [7, 11) is -0.427. The van der Waals surface area contributed by atoms with Crippen LogP contribution >= 0.6 is 0 Å². The monoisotopic (exact) mass is 294 g/mol. The first-order valence-corrected chi connectivity index (χ1v) is 7.61. The van der Waals surface area contributed by atoms with E-state index in [-0.39, 0.29) is 5.16 Å².